The van der Waals surface area contributed by atoms with Gasteiger partial charge in [0.1, 0.15) is 0 Å². The Morgan fingerprint density at radius 3 is 2.63 bits per heavy atom. The third-order valence-electron chi connectivity index (χ3n) is 4.96. The molecule has 2 heterocycles. The van der Waals surface area contributed by atoms with E-state index in [0.717, 1.165) is 27.5 Å². The number of carbonyl (C=O) groups excluding carboxylic acids is 1. The minimum absolute atomic E-state index is 0.276. The molecule has 146 valence electrons. The predicted molar refractivity (Wildman–Crippen MR) is 120 cm³/mol. The van der Waals surface area contributed by atoms with Gasteiger partial charge in [-0.25, -0.2) is 4.98 Å². The highest BCUT2D eigenvalue weighted by Gasteiger charge is 2.18. The third-order valence-corrected chi connectivity index (χ3v) is 5.19. The summed E-state index contributed by atoms with van der Waals surface area (Å²) in [7, 11) is 0. The molecule has 3 aromatic carbocycles. The SMILES string of the molecule is O=C(Nc1ccc2ncccc2c1)c1nc2ccc(Cl)cc2n1Cc1ccccc1. The Balaban J connectivity index is 1.54. The standard InChI is InChI=1S/C24H17ClN4O/c25-18-8-10-21-22(14-18)29(15-16-5-2-1-3-6-16)23(28-21)24(30)27-19-9-11-20-17(13-19)7-4-12-26-20/h1-14H,15H2,(H,27,30). The van der Waals surface area contributed by atoms with Crippen LogP contribution in [0.5, 0.6) is 0 Å². The number of rotatable bonds is 4. The molecule has 30 heavy (non-hydrogen) atoms. The Morgan fingerprint density at radius 1 is 0.933 bits per heavy atom. The maximum absolute atomic E-state index is 13.2. The first-order chi connectivity index (χ1) is 14.7. The Labute approximate surface area is 178 Å². The van der Waals surface area contributed by atoms with Gasteiger partial charge in [0.25, 0.3) is 5.91 Å². The van der Waals surface area contributed by atoms with Gasteiger partial charge in [-0.3, -0.25) is 9.78 Å². The molecule has 0 aliphatic rings. The second kappa shape index (κ2) is 7.61. The molecule has 0 saturated carbocycles. The zero-order valence-electron chi connectivity index (χ0n) is 15.9. The van der Waals surface area contributed by atoms with Crippen molar-refractivity contribution in [3.05, 3.63) is 101 Å². The summed E-state index contributed by atoms with van der Waals surface area (Å²) in [6.45, 7) is 0.516. The second-order valence-electron chi connectivity index (χ2n) is 7.01. The van der Waals surface area contributed by atoms with Crippen molar-refractivity contribution in [1.82, 2.24) is 14.5 Å². The fourth-order valence-corrected chi connectivity index (χ4v) is 3.70. The molecule has 0 aliphatic heterocycles. The van der Waals surface area contributed by atoms with Crippen LogP contribution in [0.3, 0.4) is 0 Å². The molecule has 5 nitrogen and oxygen atoms in total. The molecule has 5 aromatic rings. The number of nitrogens with zero attached hydrogens (tertiary/aromatic N) is 3. The predicted octanol–water partition coefficient (Wildman–Crippen LogP) is 5.54. The highest BCUT2D eigenvalue weighted by molar-refractivity contribution is 6.31. The van der Waals surface area contributed by atoms with Crippen molar-refractivity contribution in [2.45, 2.75) is 6.54 Å². The van der Waals surface area contributed by atoms with Crippen LogP contribution in [0.1, 0.15) is 16.2 Å². The average molecular weight is 413 g/mol. The highest BCUT2D eigenvalue weighted by Crippen LogP contribution is 2.23. The molecule has 0 spiro atoms. The molecule has 0 saturated heterocycles. The first-order valence-corrected chi connectivity index (χ1v) is 9.91. The lowest BCUT2D eigenvalue weighted by atomic mass is 10.2. The number of imidazole rings is 1. The molecular weight excluding hydrogens is 396 g/mol. The quantitative estimate of drug-likeness (QED) is 0.421. The molecule has 0 radical (unpaired) electrons. The van der Waals surface area contributed by atoms with Gasteiger partial charge in [0.15, 0.2) is 0 Å². The Hall–Kier alpha value is -3.70. The maximum atomic E-state index is 13.2. The number of hydrogen-bond donors (Lipinski definition) is 1. The summed E-state index contributed by atoms with van der Waals surface area (Å²) in [6.07, 6.45) is 1.75. The van der Waals surface area contributed by atoms with Crippen molar-refractivity contribution < 1.29 is 4.79 Å². The van der Waals surface area contributed by atoms with Gasteiger partial charge in [-0.15, -0.1) is 0 Å². The Morgan fingerprint density at radius 2 is 1.77 bits per heavy atom. The number of aromatic nitrogens is 3. The number of fused-ring (bicyclic) bond motifs is 2. The highest BCUT2D eigenvalue weighted by atomic mass is 35.5. The fourth-order valence-electron chi connectivity index (χ4n) is 3.54. The van der Waals surface area contributed by atoms with E-state index in [-0.39, 0.29) is 5.91 Å². The zero-order valence-corrected chi connectivity index (χ0v) is 16.7. The summed E-state index contributed by atoms with van der Waals surface area (Å²) in [4.78, 5) is 22.1. The molecule has 1 N–H and O–H groups in total. The molecule has 0 aliphatic carbocycles. The molecule has 0 bridgehead atoms. The van der Waals surface area contributed by atoms with Crippen LogP contribution >= 0.6 is 11.6 Å². The van der Waals surface area contributed by atoms with Crippen LogP contribution in [0.15, 0.2) is 85.1 Å². The van der Waals surface area contributed by atoms with Crippen molar-refractivity contribution in [2.24, 2.45) is 0 Å². The summed E-state index contributed by atoms with van der Waals surface area (Å²) in [5.41, 5.74) is 4.18. The summed E-state index contributed by atoms with van der Waals surface area (Å²) in [6, 6.07) is 24.9. The van der Waals surface area contributed by atoms with Crippen LogP contribution in [0.4, 0.5) is 5.69 Å². The van der Waals surface area contributed by atoms with Gasteiger partial charge >= 0.3 is 0 Å². The topological polar surface area (TPSA) is 59.8 Å². The van der Waals surface area contributed by atoms with Gasteiger partial charge in [0, 0.05) is 28.8 Å². The van der Waals surface area contributed by atoms with Crippen LogP contribution in [0.2, 0.25) is 5.02 Å². The fraction of sp³-hybridized carbons (Fsp3) is 0.0417. The van der Waals surface area contributed by atoms with Crippen LogP contribution in [0.25, 0.3) is 21.9 Å². The number of nitrogens with one attached hydrogen (secondary N) is 1. The van der Waals surface area contributed by atoms with Gasteiger partial charge in [0.05, 0.1) is 16.6 Å². The summed E-state index contributed by atoms with van der Waals surface area (Å²) in [5, 5.41) is 4.53. The normalized spacial score (nSPS) is 11.1. The van der Waals surface area contributed by atoms with Gasteiger partial charge in [-0.2, -0.15) is 0 Å². The molecule has 2 aromatic heterocycles. The molecule has 1 amide bonds. The molecule has 0 atom stereocenters. The van der Waals surface area contributed by atoms with E-state index in [2.05, 4.69) is 15.3 Å². The van der Waals surface area contributed by atoms with Gasteiger partial charge in [-0.1, -0.05) is 48.0 Å². The van der Waals surface area contributed by atoms with E-state index in [1.807, 2.05) is 77.4 Å². The van der Waals surface area contributed by atoms with E-state index in [0.29, 0.717) is 23.1 Å². The van der Waals surface area contributed by atoms with E-state index in [4.69, 9.17) is 11.6 Å². The van der Waals surface area contributed by atoms with Crippen molar-refractivity contribution in [1.29, 1.82) is 0 Å². The average Bonchev–Trinajstić information content (AvgIpc) is 3.12. The van der Waals surface area contributed by atoms with Crippen LogP contribution in [-0.2, 0) is 6.54 Å². The first-order valence-electron chi connectivity index (χ1n) is 9.53. The van der Waals surface area contributed by atoms with Gasteiger partial charge < -0.3 is 9.88 Å². The lowest BCUT2D eigenvalue weighted by Gasteiger charge is -2.10. The summed E-state index contributed by atoms with van der Waals surface area (Å²) >= 11 is 6.22. The zero-order chi connectivity index (χ0) is 20.5. The molecule has 0 fully saturated rings. The number of anilines is 1. The third kappa shape index (κ3) is 3.51. The number of halogens is 1. The minimum Gasteiger partial charge on any atom is -0.319 e. The number of carbonyl (C=O) groups is 1. The smallest absolute Gasteiger partial charge is 0.291 e. The van der Waals surface area contributed by atoms with E-state index in [9.17, 15) is 4.79 Å². The molecule has 6 heteroatoms. The van der Waals surface area contributed by atoms with Crippen LogP contribution in [-0.4, -0.2) is 20.4 Å². The minimum atomic E-state index is -0.276. The second-order valence-corrected chi connectivity index (χ2v) is 7.44. The van der Waals surface area contributed by atoms with Gasteiger partial charge in [0.2, 0.25) is 5.82 Å². The van der Waals surface area contributed by atoms with Crippen LogP contribution < -0.4 is 5.32 Å². The molecule has 5 rings (SSSR count). The van der Waals surface area contributed by atoms with E-state index in [1.165, 1.54) is 0 Å². The lowest BCUT2D eigenvalue weighted by Crippen LogP contribution is -2.18. The summed E-state index contributed by atoms with van der Waals surface area (Å²) in [5.74, 6) is 0.0592. The summed E-state index contributed by atoms with van der Waals surface area (Å²) < 4.78 is 1.90. The van der Waals surface area contributed by atoms with E-state index in [1.54, 1.807) is 12.3 Å². The Bertz CT molecular complexity index is 1380. The lowest BCUT2D eigenvalue weighted by molar-refractivity contribution is 0.101. The van der Waals surface area contributed by atoms with E-state index >= 15 is 0 Å². The van der Waals surface area contributed by atoms with Crippen molar-refractivity contribution in [3.63, 3.8) is 0 Å². The molecule has 0 unspecified atom stereocenters. The van der Waals surface area contributed by atoms with Crippen molar-refractivity contribution in [3.8, 4) is 0 Å². The monoisotopic (exact) mass is 412 g/mol. The Kier molecular flexibility index (Phi) is 4.65. The number of pyridine rings is 1. The van der Waals surface area contributed by atoms with Crippen LogP contribution in [0, 0.1) is 0 Å². The number of amides is 1. The van der Waals surface area contributed by atoms with E-state index < -0.39 is 0 Å². The number of benzene rings is 3. The maximum Gasteiger partial charge on any atom is 0.291 e. The first kappa shape index (κ1) is 18.3. The van der Waals surface area contributed by atoms with Gasteiger partial charge in [-0.05, 0) is 48.0 Å². The largest absolute Gasteiger partial charge is 0.319 e. The number of hydrogen-bond acceptors (Lipinski definition) is 3. The van der Waals surface area contributed by atoms with Crippen molar-refractivity contribution in [2.75, 3.05) is 5.32 Å². The van der Waals surface area contributed by atoms with Crippen molar-refractivity contribution >= 4 is 45.1 Å². The molecular formula is C24H17ClN4O.